The van der Waals surface area contributed by atoms with Crippen molar-refractivity contribution in [1.29, 1.82) is 0 Å². The fraction of sp³-hybridized carbons (Fsp3) is 0.333. The molecule has 0 aliphatic heterocycles. The maximum Gasteiger partial charge on any atom is 0.311 e. The SMILES string of the molecule is COc1ccc(CC(=O)OC(C)C(=O)Nc2ccc(N(C)C)cc2)cc1OC. The molecular weight excluding hydrogens is 360 g/mol. The molecule has 0 aliphatic rings. The number of carbonyl (C=O) groups excluding carboxylic acids is 2. The van der Waals surface area contributed by atoms with Crippen molar-refractivity contribution in [2.75, 3.05) is 38.5 Å². The van der Waals surface area contributed by atoms with Crippen molar-refractivity contribution < 1.29 is 23.8 Å². The number of anilines is 2. The Kier molecular flexibility index (Phi) is 7.26. The summed E-state index contributed by atoms with van der Waals surface area (Å²) in [6.07, 6.45) is -0.892. The van der Waals surface area contributed by atoms with Crippen LogP contribution in [0.1, 0.15) is 12.5 Å². The van der Waals surface area contributed by atoms with Gasteiger partial charge < -0.3 is 24.4 Å². The number of amides is 1. The van der Waals surface area contributed by atoms with Gasteiger partial charge in [0.15, 0.2) is 17.6 Å². The van der Waals surface area contributed by atoms with E-state index in [4.69, 9.17) is 14.2 Å². The molecule has 2 aromatic rings. The standard InChI is InChI=1S/C21H26N2O5/c1-14(21(25)22-16-7-9-17(10-8-16)23(2)3)28-20(24)13-15-6-11-18(26-4)19(12-15)27-5/h6-12,14H,13H2,1-5H3,(H,22,25). The molecule has 28 heavy (non-hydrogen) atoms. The third kappa shape index (κ3) is 5.64. The molecule has 2 rings (SSSR count). The van der Waals surface area contributed by atoms with E-state index in [0.717, 1.165) is 5.69 Å². The molecule has 0 fully saturated rings. The fourth-order valence-corrected chi connectivity index (χ4v) is 2.54. The van der Waals surface area contributed by atoms with Crippen LogP contribution in [0, 0.1) is 0 Å². The van der Waals surface area contributed by atoms with Crippen LogP contribution in [-0.2, 0) is 20.7 Å². The molecule has 1 amide bonds. The van der Waals surface area contributed by atoms with E-state index in [1.54, 1.807) is 37.4 Å². The maximum atomic E-state index is 12.3. The minimum Gasteiger partial charge on any atom is -0.493 e. The van der Waals surface area contributed by atoms with Crippen LogP contribution < -0.4 is 19.7 Å². The molecule has 0 bridgehead atoms. The van der Waals surface area contributed by atoms with Crippen molar-refractivity contribution in [2.45, 2.75) is 19.4 Å². The molecule has 150 valence electrons. The van der Waals surface area contributed by atoms with Gasteiger partial charge in [-0.25, -0.2) is 0 Å². The summed E-state index contributed by atoms with van der Waals surface area (Å²) in [5, 5.41) is 2.74. The number of carbonyl (C=O) groups is 2. The average molecular weight is 386 g/mol. The van der Waals surface area contributed by atoms with Crippen LogP contribution in [-0.4, -0.2) is 46.3 Å². The molecule has 1 N–H and O–H groups in total. The topological polar surface area (TPSA) is 77.1 Å². The Bertz CT molecular complexity index is 818. The van der Waals surface area contributed by atoms with E-state index < -0.39 is 18.0 Å². The molecule has 0 saturated carbocycles. The minimum atomic E-state index is -0.916. The van der Waals surface area contributed by atoms with Crippen LogP contribution in [0.5, 0.6) is 11.5 Å². The van der Waals surface area contributed by atoms with Gasteiger partial charge in [0.2, 0.25) is 0 Å². The van der Waals surface area contributed by atoms with E-state index in [1.165, 1.54) is 14.0 Å². The van der Waals surface area contributed by atoms with Crippen molar-refractivity contribution in [2.24, 2.45) is 0 Å². The van der Waals surface area contributed by atoms with Crippen molar-refractivity contribution in [1.82, 2.24) is 0 Å². The third-order valence-electron chi connectivity index (χ3n) is 4.13. The number of methoxy groups -OCH3 is 2. The highest BCUT2D eigenvalue weighted by Gasteiger charge is 2.19. The second kappa shape index (κ2) is 9.64. The van der Waals surface area contributed by atoms with Gasteiger partial charge in [0.25, 0.3) is 5.91 Å². The van der Waals surface area contributed by atoms with Crippen molar-refractivity contribution >= 4 is 23.3 Å². The molecule has 2 aromatic carbocycles. The molecule has 0 aliphatic carbocycles. The van der Waals surface area contributed by atoms with Crippen LogP contribution in [0.2, 0.25) is 0 Å². The Labute approximate surface area is 165 Å². The van der Waals surface area contributed by atoms with Gasteiger partial charge in [-0.1, -0.05) is 6.07 Å². The first-order chi connectivity index (χ1) is 13.3. The predicted octanol–water partition coefficient (Wildman–Crippen LogP) is 2.88. The number of hydrogen-bond acceptors (Lipinski definition) is 6. The second-order valence-corrected chi connectivity index (χ2v) is 6.43. The fourth-order valence-electron chi connectivity index (χ4n) is 2.54. The first kappa shape index (κ1) is 21.1. The average Bonchev–Trinajstić information content (AvgIpc) is 2.68. The molecule has 0 aromatic heterocycles. The van der Waals surface area contributed by atoms with E-state index in [0.29, 0.717) is 22.7 Å². The van der Waals surface area contributed by atoms with Crippen LogP contribution in [0.25, 0.3) is 0 Å². The Morgan fingerprint density at radius 1 is 1.00 bits per heavy atom. The molecule has 7 nitrogen and oxygen atoms in total. The first-order valence-corrected chi connectivity index (χ1v) is 8.82. The number of ether oxygens (including phenoxy) is 3. The molecule has 1 unspecified atom stereocenters. The molecule has 0 spiro atoms. The zero-order valence-electron chi connectivity index (χ0n) is 16.8. The number of benzene rings is 2. The minimum absolute atomic E-state index is 0.0233. The summed E-state index contributed by atoms with van der Waals surface area (Å²) in [6.45, 7) is 1.54. The first-order valence-electron chi connectivity index (χ1n) is 8.82. The Morgan fingerprint density at radius 3 is 2.21 bits per heavy atom. The maximum absolute atomic E-state index is 12.3. The molecule has 1 atom stereocenters. The summed E-state index contributed by atoms with van der Waals surface area (Å²) < 4.78 is 15.6. The number of nitrogens with one attached hydrogen (secondary N) is 1. The highest BCUT2D eigenvalue weighted by atomic mass is 16.5. The lowest BCUT2D eigenvalue weighted by atomic mass is 10.1. The van der Waals surface area contributed by atoms with Crippen LogP contribution in [0.15, 0.2) is 42.5 Å². The van der Waals surface area contributed by atoms with Gasteiger partial charge in [-0.05, 0) is 48.9 Å². The molecule has 0 heterocycles. The summed E-state index contributed by atoms with van der Waals surface area (Å²) in [6, 6.07) is 12.6. The Hall–Kier alpha value is -3.22. The molecule has 0 radical (unpaired) electrons. The van der Waals surface area contributed by atoms with Gasteiger partial charge in [-0.15, -0.1) is 0 Å². The smallest absolute Gasteiger partial charge is 0.311 e. The molecule has 0 saturated heterocycles. The van der Waals surface area contributed by atoms with Crippen LogP contribution >= 0.6 is 0 Å². The molecular formula is C21H26N2O5. The quantitative estimate of drug-likeness (QED) is 0.703. The van der Waals surface area contributed by atoms with E-state index in [2.05, 4.69) is 5.32 Å². The Morgan fingerprint density at radius 2 is 1.64 bits per heavy atom. The van der Waals surface area contributed by atoms with Gasteiger partial charge >= 0.3 is 5.97 Å². The van der Waals surface area contributed by atoms with E-state index >= 15 is 0 Å². The number of hydrogen-bond donors (Lipinski definition) is 1. The summed E-state index contributed by atoms with van der Waals surface area (Å²) in [5.74, 6) is 0.212. The largest absolute Gasteiger partial charge is 0.493 e. The van der Waals surface area contributed by atoms with Gasteiger partial charge in [0, 0.05) is 25.5 Å². The van der Waals surface area contributed by atoms with E-state index in [1.807, 2.05) is 31.1 Å². The number of nitrogens with zero attached hydrogens (tertiary/aromatic N) is 1. The zero-order valence-corrected chi connectivity index (χ0v) is 16.8. The van der Waals surface area contributed by atoms with E-state index in [9.17, 15) is 9.59 Å². The number of rotatable bonds is 8. The highest BCUT2D eigenvalue weighted by molar-refractivity contribution is 5.95. The van der Waals surface area contributed by atoms with Gasteiger partial charge in [-0.3, -0.25) is 9.59 Å². The highest BCUT2D eigenvalue weighted by Crippen LogP contribution is 2.27. The third-order valence-corrected chi connectivity index (χ3v) is 4.13. The summed E-state index contributed by atoms with van der Waals surface area (Å²) >= 11 is 0. The van der Waals surface area contributed by atoms with Crippen molar-refractivity contribution in [3.8, 4) is 11.5 Å². The summed E-state index contributed by atoms with van der Waals surface area (Å²) in [5.41, 5.74) is 2.36. The monoisotopic (exact) mass is 386 g/mol. The van der Waals surface area contributed by atoms with Crippen LogP contribution in [0.4, 0.5) is 11.4 Å². The van der Waals surface area contributed by atoms with Crippen molar-refractivity contribution in [3.05, 3.63) is 48.0 Å². The second-order valence-electron chi connectivity index (χ2n) is 6.43. The normalized spacial score (nSPS) is 11.3. The van der Waals surface area contributed by atoms with Gasteiger partial charge in [0.1, 0.15) is 0 Å². The van der Waals surface area contributed by atoms with Gasteiger partial charge in [0.05, 0.1) is 20.6 Å². The lowest BCUT2D eigenvalue weighted by Crippen LogP contribution is -2.30. The van der Waals surface area contributed by atoms with Crippen molar-refractivity contribution in [3.63, 3.8) is 0 Å². The zero-order chi connectivity index (χ0) is 20.7. The predicted molar refractivity (Wildman–Crippen MR) is 108 cm³/mol. The number of esters is 1. The molecule has 7 heteroatoms. The van der Waals surface area contributed by atoms with Gasteiger partial charge in [-0.2, -0.15) is 0 Å². The van der Waals surface area contributed by atoms with Crippen LogP contribution in [0.3, 0.4) is 0 Å². The van der Waals surface area contributed by atoms with E-state index in [-0.39, 0.29) is 6.42 Å². The lowest BCUT2D eigenvalue weighted by molar-refractivity contribution is -0.152. The summed E-state index contributed by atoms with van der Waals surface area (Å²) in [7, 11) is 6.94. The Balaban J connectivity index is 1.91. The lowest BCUT2D eigenvalue weighted by Gasteiger charge is -2.15. The summed E-state index contributed by atoms with van der Waals surface area (Å²) in [4.78, 5) is 26.4.